The van der Waals surface area contributed by atoms with E-state index in [9.17, 15) is 14.4 Å². The molecule has 6 unspecified atom stereocenters. The van der Waals surface area contributed by atoms with Crippen molar-refractivity contribution in [2.24, 2.45) is 20.7 Å². The van der Waals surface area contributed by atoms with Crippen molar-refractivity contribution in [1.29, 1.82) is 0 Å². The topological polar surface area (TPSA) is 155 Å². The van der Waals surface area contributed by atoms with E-state index in [1.54, 1.807) is 24.1 Å². The van der Waals surface area contributed by atoms with E-state index < -0.39 is 17.4 Å². The van der Waals surface area contributed by atoms with E-state index in [0.717, 1.165) is 88.3 Å². The molecule has 1 heterocycles. The van der Waals surface area contributed by atoms with Gasteiger partial charge < -0.3 is 15.9 Å². The Labute approximate surface area is 471 Å². The monoisotopic (exact) mass is 1080 g/mol. The van der Waals surface area contributed by atoms with Crippen LogP contribution in [0.3, 0.4) is 0 Å². The minimum absolute atomic E-state index is 0.0728. The lowest BCUT2D eigenvalue weighted by atomic mass is 9.81. The molecule has 0 saturated carbocycles. The highest BCUT2D eigenvalue weighted by Crippen LogP contribution is 2.44. The molecule has 0 radical (unpaired) electrons. The number of carboxylic acids is 2. The Morgan fingerprint density at radius 2 is 1.04 bits per heavy atom. The molecule has 11 heteroatoms. The zero-order valence-corrected chi connectivity index (χ0v) is 47.5. The maximum absolute atomic E-state index is 11.1. The zero-order chi connectivity index (χ0) is 55.6. The van der Waals surface area contributed by atoms with Crippen LogP contribution >= 0.6 is 24.0 Å². The molecule has 6 atom stereocenters. The van der Waals surface area contributed by atoms with E-state index in [4.69, 9.17) is 15.9 Å². The molecule has 1 aliphatic heterocycles. The summed E-state index contributed by atoms with van der Waals surface area (Å²) in [6.07, 6.45) is 14.9. The van der Waals surface area contributed by atoms with Gasteiger partial charge in [-0.05, 0) is 189 Å². The molecule has 6 aromatic carbocycles. The Balaban J connectivity index is 0.000000124. The summed E-state index contributed by atoms with van der Waals surface area (Å²) in [6.45, 7) is 11.5. The molecule has 0 spiro atoms. The Morgan fingerprint density at radius 3 is 1.56 bits per heavy atom. The van der Waals surface area contributed by atoms with Gasteiger partial charge in [0.25, 0.3) is 0 Å². The van der Waals surface area contributed by atoms with E-state index in [2.05, 4.69) is 132 Å². The number of fused-ring (bicyclic) bond motifs is 6. The number of aliphatic carboxylic acids is 2. The Hall–Kier alpha value is -6.58. The van der Waals surface area contributed by atoms with Crippen molar-refractivity contribution in [1.82, 2.24) is 0 Å². The fourth-order valence-electron chi connectivity index (χ4n) is 12.5. The zero-order valence-electron chi connectivity index (χ0n) is 45.9. The highest BCUT2D eigenvalue weighted by atomic mass is 32.2. The molecule has 0 amide bonds. The van der Waals surface area contributed by atoms with Crippen molar-refractivity contribution >= 4 is 52.2 Å². The SMILES string of the molecule is CC1(C(=O)O)CCc2ccccc21.CC1(CC2=NCCS2)CCc2ccccc21.CC1(N)CCc2ccccc21.CC1(N=C=O)CCc2ccccc21.CC1(N=C=S)CCc2ccccc21.O=C(O)C1CCc2ccccc21. The number of nitrogens with zero attached hydrogens (tertiary/aromatic N) is 3. The van der Waals surface area contributed by atoms with Crippen molar-refractivity contribution in [3.05, 3.63) is 212 Å². The summed E-state index contributed by atoms with van der Waals surface area (Å²) >= 11 is 6.63. The third-order valence-corrected chi connectivity index (χ3v) is 18.4. The highest BCUT2D eigenvalue weighted by Gasteiger charge is 2.41. The predicted octanol–water partition coefficient (Wildman–Crippen LogP) is 14.1. The number of thiocarbonyl (C=S) groups is 1. The number of isocyanates is 1. The number of aryl methyl sites for hydroxylation is 6. The Morgan fingerprint density at radius 1 is 0.590 bits per heavy atom. The smallest absolute Gasteiger partial charge is 0.313 e. The number of carbonyl (C=O) groups excluding carboxylic acids is 1. The first-order valence-electron chi connectivity index (χ1n) is 27.5. The van der Waals surface area contributed by atoms with Crippen molar-refractivity contribution in [2.75, 3.05) is 12.3 Å². The van der Waals surface area contributed by atoms with Crippen molar-refractivity contribution < 1.29 is 24.6 Å². The van der Waals surface area contributed by atoms with Crippen LogP contribution in [0.15, 0.2) is 161 Å². The summed E-state index contributed by atoms with van der Waals surface area (Å²) in [5.41, 5.74) is 20.7. The van der Waals surface area contributed by atoms with Crippen LogP contribution in [-0.2, 0) is 80.4 Å². The average Bonchev–Trinajstić information content (AvgIpc) is 4.35. The molecule has 4 N–H and O–H groups in total. The number of benzene rings is 6. The number of hydrogen-bond donors (Lipinski definition) is 3. The molecule has 13 rings (SSSR count). The fourth-order valence-corrected chi connectivity index (χ4v) is 13.7. The van der Waals surface area contributed by atoms with Crippen LogP contribution in [0.25, 0.3) is 0 Å². The minimum Gasteiger partial charge on any atom is -0.481 e. The second-order valence-corrected chi connectivity index (χ2v) is 24.1. The second-order valence-electron chi connectivity index (χ2n) is 22.8. The van der Waals surface area contributed by atoms with Gasteiger partial charge in [0.1, 0.15) is 0 Å². The number of hydrogen-bond acceptors (Lipinski definition) is 9. The first-order valence-corrected chi connectivity index (χ1v) is 28.9. The van der Waals surface area contributed by atoms with Crippen LogP contribution in [0.2, 0.25) is 0 Å². The van der Waals surface area contributed by atoms with Gasteiger partial charge in [-0.3, -0.25) is 14.6 Å². The predicted molar refractivity (Wildman–Crippen MR) is 320 cm³/mol. The molecule has 0 saturated heterocycles. The third kappa shape index (κ3) is 12.9. The van der Waals surface area contributed by atoms with E-state index in [1.807, 2.05) is 85.4 Å². The lowest BCUT2D eigenvalue weighted by molar-refractivity contribution is -0.143. The molecule has 0 fully saturated rings. The second kappa shape index (κ2) is 25.0. The number of carbonyl (C=O) groups is 2. The van der Waals surface area contributed by atoms with Gasteiger partial charge in [-0.25, -0.2) is 9.79 Å². The van der Waals surface area contributed by atoms with Gasteiger partial charge in [-0.1, -0.05) is 153 Å². The van der Waals surface area contributed by atoms with Gasteiger partial charge in [-0.2, -0.15) is 4.99 Å². The summed E-state index contributed by atoms with van der Waals surface area (Å²) < 4.78 is 0. The van der Waals surface area contributed by atoms with Crippen LogP contribution in [0.5, 0.6) is 0 Å². The normalized spacial score (nSPS) is 25.5. The Kier molecular flexibility index (Phi) is 18.5. The number of nitrogens with two attached hydrogens (primary N) is 1. The molecule has 9 nitrogen and oxygen atoms in total. The molecular formula is C67H74N4O5S2. The van der Waals surface area contributed by atoms with Gasteiger partial charge >= 0.3 is 11.9 Å². The summed E-state index contributed by atoms with van der Waals surface area (Å²) in [5, 5.41) is 21.9. The van der Waals surface area contributed by atoms with Crippen LogP contribution in [0.4, 0.5) is 0 Å². The van der Waals surface area contributed by atoms with Gasteiger partial charge in [0.05, 0.1) is 32.6 Å². The number of rotatable bonds is 6. The minimum atomic E-state index is -0.711. The highest BCUT2D eigenvalue weighted by molar-refractivity contribution is 8.14. The van der Waals surface area contributed by atoms with Gasteiger partial charge in [0, 0.05) is 24.3 Å². The van der Waals surface area contributed by atoms with Crippen LogP contribution in [0, 0.1) is 0 Å². The molecule has 7 aliphatic rings. The molecule has 78 heavy (non-hydrogen) atoms. The number of isothiocyanates is 1. The van der Waals surface area contributed by atoms with Crippen molar-refractivity contribution in [3.8, 4) is 0 Å². The van der Waals surface area contributed by atoms with Crippen LogP contribution in [-0.4, -0.2) is 50.7 Å². The summed E-state index contributed by atoms with van der Waals surface area (Å²) in [4.78, 5) is 44.9. The van der Waals surface area contributed by atoms with Crippen molar-refractivity contribution in [2.45, 2.75) is 151 Å². The molecule has 404 valence electrons. The largest absolute Gasteiger partial charge is 0.481 e. The maximum atomic E-state index is 11.1. The molecule has 0 bridgehead atoms. The van der Waals surface area contributed by atoms with Gasteiger partial charge in [-0.15, -0.1) is 11.8 Å². The summed E-state index contributed by atoms with van der Waals surface area (Å²) in [7, 11) is 0. The average molecular weight is 1080 g/mol. The molecular weight excluding hydrogens is 1000 g/mol. The molecule has 6 aromatic rings. The standard InChI is InChI=1S/C14H17NS.C11H11NO.C11H11NS.C11H12O2.C10H13N.C10H10O2/c1-14(10-13-15-8-9-16-13)7-6-11-4-2-3-5-12(11)14;2*1-11(12-8-13)7-6-9-4-2-3-5-10(9)11;1-11(10(12)13)7-6-8-4-2-3-5-9(8)11;1-10(11)7-6-8-4-2-3-5-9(8)10;11-10(12)9-6-5-7-3-1-2-4-8(7)9/h2-5H,6-10H2,1H3;2*2-5H,6-7H2,1H3;2-5H,6-7H2,1H3,(H,12,13);2-5H,6-7,11H2,1H3;1-4,9H,5-6H2,(H,11,12). The van der Waals surface area contributed by atoms with Crippen LogP contribution < -0.4 is 5.73 Å². The first-order chi connectivity index (χ1) is 37.4. The maximum Gasteiger partial charge on any atom is 0.313 e. The van der Waals surface area contributed by atoms with Gasteiger partial charge in [0.2, 0.25) is 6.08 Å². The van der Waals surface area contributed by atoms with E-state index in [-0.39, 0.29) is 22.5 Å². The molecule has 6 aliphatic carbocycles. The lowest BCUT2D eigenvalue weighted by Crippen LogP contribution is -2.29. The van der Waals surface area contributed by atoms with Crippen LogP contribution in [0.1, 0.15) is 152 Å². The first kappa shape index (κ1) is 57.6. The van der Waals surface area contributed by atoms with Gasteiger partial charge in [0.15, 0.2) is 0 Å². The number of thioether (sulfide) groups is 1. The number of aliphatic imine (C=N–C) groups is 3. The summed E-state index contributed by atoms with van der Waals surface area (Å²) in [5.74, 6) is -0.480. The Bertz CT molecular complexity index is 3110. The van der Waals surface area contributed by atoms with E-state index >= 15 is 0 Å². The number of carboxylic acid groups (broad SMARTS) is 2. The fraction of sp³-hybridized carbons (Fsp3) is 0.388. The van der Waals surface area contributed by atoms with E-state index in [0.29, 0.717) is 5.41 Å². The van der Waals surface area contributed by atoms with Crippen molar-refractivity contribution in [3.63, 3.8) is 0 Å². The summed E-state index contributed by atoms with van der Waals surface area (Å²) in [6, 6.07) is 49.6. The quantitative estimate of drug-likeness (QED) is 0.0846. The molecule has 0 aromatic heterocycles. The lowest BCUT2D eigenvalue weighted by Gasteiger charge is -2.25. The van der Waals surface area contributed by atoms with E-state index in [1.165, 1.54) is 68.1 Å². The third-order valence-electron chi connectivity index (χ3n) is 17.3.